The van der Waals surface area contributed by atoms with E-state index in [0.717, 1.165) is 0 Å². The van der Waals surface area contributed by atoms with Crippen molar-refractivity contribution in [2.75, 3.05) is 25.6 Å². The van der Waals surface area contributed by atoms with E-state index in [1.54, 1.807) is 17.6 Å². The molecule has 2 heterocycles. The standard InChI is InChI=1S/C15H21ClN5O4PS/c1-3-24-26(2,27)25-5-15-4-7(15)9(10(22)11(15)23)21-6-18-8-12(17)19-14(16)20-13(8)21/h6-7,9-11,22-23H,3-5H2,1-2H3,(H2,17,19,20)/t7-,9-,10+,11+,15+,26?/m1/s1. The van der Waals surface area contributed by atoms with Crippen molar-refractivity contribution < 1.29 is 19.3 Å². The number of anilines is 1. The Bertz CT molecular complexity index is 944. The first-order valence-corrected chi connectivity index (χ1v) is 12.0. The number of nitrogens with two attached hydrogens (primary N) is 1. The third kappa shape index (κ3) is 3.07. The summed E-state index contributed by atoms with van der Waals surface area (Å²) >= 11 is 11.3. The number of aromatic nitrogens is 4. The Kier molecular flexibility index (Phi) is 4.74. The first-order chi connectivity index (χ1) is 12.7. The molecule has 4 rings (SSSR count). The van der Waals surface area contributed by atoms with Crippen molar-refractivity contribution in [3.05, 3.63) is 11.6 Å². The van der Waals surface area contributed by atoms with Crippen molar-refractivity contribution in [1.82, 2.24) is 19.5 Å². The minimum Gasteiger partial charge on any atom is -0.390 e. The summed E-state index contributed by atoms with van der Waals surface area (Å²) in [6, 6.07) is -0.416. The summed E-state index contributed by atoms with van der Waals surface area (Å²) in [4.78, 5) is 12.3. The minimum absolute atomic E-state index is 0.00330. The Morgan fingerprint density at radius 2 is 2.19 bits per heavy atom. The quantitative estimate of drug-likeness (QED) is 0.456. The Balaban J connectivity index is 1.63. The van der Waals surface area contributed by atoms with Crippen molar-refractivity contribution in [3.8, 4) is 0 Å². The molecule has 0 spiro atoms. The predicted octanol–water partition coefficient (Wildman–Crippen LogP) is 1.34. The third-order valence-corrected chi connectivity index (χ3v) is 7.65. The fraction of sp³-hybridized carbons (Fsp3) is 0.667. The zero-order chi connectivity index (χ0) is 19.6. The molecule has 12 heteroatoms. The van der Waals surface area contributed by atoms with Crippen LogP contribution in [-0.4, -0.2) is 61.8 Å². The first-order valence-electron chi connectivity index (χ1n) is 8.58. The van der Waals surface area contributed by atoms with Crippen molar-refractivity contribution in [2.45, 2.75) is 31.6 Å². The van der Waals surface area contributed by atoms with Crippen LogP contribution in [0.4, 0.5) is 5.82 Å². The summed E-state index contributed by atoms with van der Waals surface area (Å²) in [5, 5.41) is 21.4. The molecule has 2 saturated carbocycles. The number of rotatable bonds is 6. The van der Waals surface area contributed by atoms with E-state index < -0.39 is 30.2 Å². The molecule has 9 nitrogen and oxygen atoms in total. The lowest BCUT2D eigenvalue weighted by Gasteiger charge is -2.25. The molecular weight excluding hydrogens is 413 g/mol. The summed E-state index contributed by atoms with van der Waals surface area (Å²) in [6.45, 7) is 1.97. The van der Waals surface area contributed by atoms with E-state index in [0.29, 0.717) is 24.2 Å². The van der Waals surface area contributed by atoms with Gasteiger partial charge in [0.15, 0.2) is 18.0 Å². The molecule has 0 aliphatic heterocycles. The van der Waals surface area contributed by atoms with Crippen LogP contribution < -0.4 is 5.73 Å². The van der Waals surface area contributed by atoms with Crippen LogP contribution in [0.3, 0.4) is 0 Å². The molecule has 4 N–H and O–H groups in total. The van der Waals surface area contributed by atoms with Gasteiger partial charge in [0.05, 0.1) is 31.7 Å². The number of hydrogen-bond acceptors (Lipinski definition) is 9. The second-order valence-corrected chi connectivity index (χ2v) is 11.5. The zero-order valence-corrected chi connectivity index (χ0v) is 17.3. The third-order valence-electron chi connectivity index (χ3n) is 5.53. The number of nitrogen functional groups attached to an aromatic ring is 1. The molecule has 2 aliphatic carbocycles. The summed E-state index contributed by atoms with van der Waals surface area (Å²) in [5.74, 6) is 0.164. The van der Waals surface area contributed by atoms with Crippen LogP contribution in [-0.2, 0) is 20.9 Å². The highest BCUT2D eigenvalue weighted by Crippen LogP contribution is 2.69. The maximum Gasteiger partial charge on any atom is 0.226 e. The highest BCUT2D eigenvalue weighted by atomic mass is 35.5. The smallest absolute Gasteiger partial charge is 0.226 e. The van der Waals surface area contributed by atoms with Gasteiger partial charge in [-0.15, -0.1) is 0 Å². The average molecular weight is 434 g/mol. The lowest BCUT2D eigenvalue weighted by Crippen LogP contribution is -2.35. The monoisotopic (exact) mass is 433 g/mol. The molecule has 1 unspecified atom stereocenters. The van der Waals surface area contributed by atoms with Crippen molar-refractivity contribution >= 4 is 46.9 Å². The van der Waals surface area contributed by atoms with E-state index in [2.05, 4.69) is 15.0 Å². The average Bonchev–Trinajstić information content (AvgIpc) is 3.09. The van der Waals surface area contributed by atoms with Gasteiger partial charge in [-0.1, -0.05) is 0 Å². The number of fused-ring (bicyclic) bond motifs is 2. The van der Waals surface area contributed by atoms with Gasteiger partial charge in [0, 0.05) is 12.1 Å². The fourth-order valence-corrected chi connectivity index (χ4v) is 5.83. The zero-order valence-electron chi connectivity index (χ0n) is 14.8. The first kappa shape index (κ1) is 19.4. The summed E-state index contributed by atoms with van der Waals surface area (Å²) < 4.78 is 13.1. The van der Waals surface area contributed by atoms with Crippen LogP contribution >= 0.6 is 18.1 Å². The molecule has 27 heavy (non-hydrogen) atoms. The maximum atomic E-state index is 10.7. The minimum atomic E-state index is -2.37. The molecule has 2 aromatic rings. The fourth-order valence-electron chi connectivity index (χ4n) is 4.16. The van der Waals surface area contributed by atoms with Crippen LogP contribution in [0.2, 0.25) is 5.28 Å². The largest absolute Gasteiger partial charge is 0.390 e. The Morgan fingerprint density at radius 3 is 2.89 bits per heavy atom. The molecule has 2 fully saturated rings. The molecule has 2 aromatic heterocycles. The highest BCUT2D eigenvalue weighted by Gasteiger charge is 2.71. The topological polar surface area (TPSA) is 129 Å². The van der Waals surface area contributed by atoms with Crippen LogP contribution in [0.5, 0.6) is 0 Å². The van der Waals surface area contributed by atoms with Gasteiger partial charge in [-0.25, -0.2) is 4.98 Å². The van der Waals surface area contributed by atoms with Gasteiger partial charge in [-0.3, -0.25) is 0 Å². The van der Waals surface area contributed by atoms with Crippen molar-refractivity contribution in [3.63, 3.8) is 0 Å². The number of imidazole rings is 1. The van der Waals surface area contributed by atoms with Crippen molar-refractivity contribution in [1.29, 1.82) is 0 Å². The molecule has 0 saturated heterocycles. The Labute approximate surface area is 166 Å². The van der Waals surface area contributed by atoms with Crippen molar-refractivity contribution in [2.24, 2.45) is 11.3 Å². The molecule has 0 amide bonds. The van der Waals surface area contributed by atoms with E-state index in [4.69, 9.17) is 38.2 Å². The number of aliphatic hydroxyl groups excluding tert-OH is 2. The molecular formula is C15H21ClN5O4PS. The molecule has 0 bridgehead atoms. The predicted molar refractivity (Wildman–Crippen MR) is 104 cm³/mol. The summed E-state index contributed by atoms with van der Waals surface area (Å²) in [5.41, 5.74) is 6.15. The number of aliphatic hydroxyl groups is 2. The molecule has 6 atom stereocenters. The molecule has 0 aromatic carbocycles. The summed E-state index contributed by atoms with van der Waals surface area (Å²) in [6.07, 6.45) is 0.301. The lowest BCUT2D eigenvalue weighted by molar-refractivity contribution is -0.0275. The second kappa shape index (κ2) is 6.59. The van der Waals surface area contributed by atoms with Crippen LogP contribution in [0, 0.1) is 11.3 Å². The Hall–Kier alpha value is -0.870. The Morgan fingerprint density at radius 1 is 1.44 bits per heavy atom. The van der Waals surface area contributed by atoms with E-state index >= 15 is 0 Å². The van der Waals surface area contributed by atoms with E-state index in [1.807, 2.05) is 6.92 Å². The van der Waals surface area contributed by atoms with Crippen LogP contribution in [0.25, 0.3) is 11.2 Å². The van der Waals surface area contributed by atoms with Gasteiger partial charge in [-0.05, 0) is 42.7 Å². The number of halogens is 1. The molecule has 0 radical (unpaired) electrons. The van der Waals surface area contributed by atoms with Gasteiger partial charge in [0.2, 0.25) is 5.28 Å². The highest BCUT2D eigenvalue weighted by molar-refractivity contribution is 8.09. The van der Waals surface area contributed by atoms with Gasteiger partial charge < -0.3 is 29.6 Å². The number of hydrogen-bond donors (Lipinski definition) is 3. The SMILES string of the molecule is CCOP(C)(=S)OC[C@@]12C[C@@H]1[C@@H](n1cnc3c(N)nc(Cl)nc31)[C@H](O)[C@@H]2O. The maximum absolute atomic E-state index is 10.7. The van der Waals surface area contributed by atoms with E-state index in [-0.39, 0.29) is 23.6 Å². The van der Waals surface area contributed by atoms with E-state index in [1.165, 1.54) is 0 Å². The van der Waals surface area contributed by atoms with E-state index in [9.17, 15) is 10.2 Å². The van der Waals surface area contributed by atoms with Crippen LogP contribution in [0.1, 0.15) is 19.4 Å². The van der Waals surface area contributed by atoms with Gasteiger partial charge in [-0.2, -0.15) is 9.97 Å². The normalized spacial score (nSPS) is 34.6. The van der Waals surface area contributed by atoms with Gasteiger partial charge >= 0.3 is 0 Å². The van der Waals surface area contributed by atoms with Gasteiger partial charge in [0.25, 0.3) is 0 Å². The lowest BCUT2D eigenvalue weighted by atomic mass is 10.0. The molecule has 148 valence electrons. The van der Waals surface area contributed by atoms with Crippen LogP contribution in [0.15, 0.2) is 6.33 Å². The number of nitrogens with zero attached hydrogens (tertiary/aromatic N) is 4. The molecule has 2 aliphatic rings. The second-order valence-electron chi connectivity index (χ2n) is 7.13. The van der Waals surface area contributed by atoms with Gasteiger partial charge in [0.1, 0.15) is 11.6 Å². The summed E-state index contributed by atoms with van der Waals surface area (Å²) in [7, 11) is 0.